The van der Waals surface area contributed by atoms with Crippen LogP contribution in [0.15, 0.2) is 18.2 Å². The van der Waals surface area contributed by atoms with E-state index in [1.165, 1.54) is 0 Å². The van der Waals surface area contributed by atoms with E-state index in [2.05, 4.69) is 25.2 Å². The van der Waals surface area contributed by atoms with Crippen LogP contribution in [0.5, 0.6) is 0 Å². The molecule has 1 N–H and O–H groups in total. The summed E-state index contributed by atoms with van der Waals surface area (Å²) in [5.41, 5.74) is 2.08. The molecule has 0 saturated carbocycles. The van der Waals surface area contributed by atoms with Crippen LogP contribution in [0, 0.1) is 0 Å². The van der Waals surface area contributed by atoms with Gasteiger partial charge in [-0.2, -0.15) is 0 Å². The van der Waals surface area contributed by atoms with E-state index in [-0.39, 0.29) is 5.91 Å². The average Bonchev–Trinajstić information content (AvgIpc) is 2.44. The maximum absolute atomic E-state index is 12.0. The highest BCUT2D eigenvalue weighted by Gasteiger charge is 2.15. The number of hydrogen-bond acceptors (Lipinski definition) is 3. The number of nitrogens with one attached hydrogen (secondary N) is 1. The molecule has 0 unspecified atom stereocenters. The maximum Gasteiger partial charge on any atom is 0.241 e. The van der Waals surface area contributed by atoms with E-state index in [0.29, 0.717) is 11.6 Å². The molecule has 5 heteroatoms. The van der Waals surface area contributed by atoms with Gasteiger partial charge in [-0.3, -0.25) is 4.79 Å². The van der Waals surface area contributed by atoms with Crippen LogP contribution in [0.1, 0.15) is 25.8 Å². The molecular weight excluding hydrogens is 286 g/mol. The zero-order chi connectivity index (χ0) is 15.8. The van der Waals surface area contributed by atoms with Crippen molar-refractivity contribution < 1.29 is 4.79 Å². The Balaban J connectivity index is 2.89. The first-order valence-electron chi connectivity index (χ1n) is 7.43. The van der Waals surface area contributed by atoms with E-state index >= 15 is 0 Å². The summed E-state index contributed by atoms with van der Waals surface area (Å²) >= 11 is 6.41. The molecule has 0 radical (unpaired) electrons. The molecule has 0 fully saturated rings. The van der Waals surface area contributed by atoms with E-state index in [0.717, 1.165) is 37.3 Å². The van der Waals surface area contributed by atoms with Crippen LogP contribution in [0.4, 0.5) is 5.69 Å². The fourth-order valence-corrected chi connectivity index (χ4v) is 2.37. The minimum atomic E-state index is 0.0799. The summed E-state index contributed by atoms with van der Waals surface area (Å²) in [5, 5.41) is 3.98. The number of anilines is 1. The van der Waals surface area contributed by atoms with Gasteiger partial charge in [0.25, 0.3) is 0 Å². The predicted octanol–water partition coefficient (Wildman–Crippen LogP) is 2.75. The number of carbonyl (C=O) groups excluding carboxylic acids is 1. The lowest BCUT2D eigenvalue weighted by atomic mass is 10.2. The third-order valence-corrected chi connectivity index (χ3v) is 3.55. The quantitative estimate of drug-likeness (QED) is 0.802. The summed E-state index contributed by atoms with van der Waals surface area (Å²) in [6.45, 7) is 7.07. The Labute approximate surface area is 133 Å². The highest BCUT2D eigenvalue weighted by molar-refractivity contribution is 6.33. The van der Waals surface area contributed by atoms with Gasteiger partial charge in [0.05, 0.1) is 17.3 Å². The Kier molecular flexibility index (Phi) is 7.54. The normalized spacial score (nSPS) is 10.5. The maximum atomic E-state index is 12.0. The molecule has 0 aromatic heterocycles. The van der Waals surface area contributed by atoms with E-state index in [4.69, 9.17) is 11.6 Å². The minimum absolute atomic E-state index is 0.0799. The van der Waals surface area contributed by atoms with Crippen molar-refractivity contribution in [1.29, 1.82) is 0 Å². The number of benzene rings is 1. The average molecular weight is 312 g/mol. The Morgan fingerprint density at radius 1 is 1.29 bits per heavy atom. The standard InChI is InChI=1S/C16H26ClN3O/c1-5-9-20(12-16(21)19(3)4)15-8-7-13(10-14(15)17)11-18-6-2/h7-8,10,18H,5-6,9,11-12H2,1-4H3. The highest BCUT2D eigenvalue weighted by atomic mass is 35.5. The van der Waals surface area contributed by atoms with Crippen LogP contribution in [-0.4, -0.2) is 44.5 Å². The summed E-state index contributed by atoms with van der Waals surface area (Å²) in [4.78, 5) is 15.6. The van der Waals surface area contributed by atoms with Gasteiger partial charge in [-0.05, 0) is 30.7 Å². The molecule has 0 aliphatic carbocycles. The number of halogens is 1. The molecule has 0 heterocycles. The Morgan fingerprint density at radius 3 is 2.52 bits per heavy atom. The van der Waals surface area contributed by atoms with Crippen molar-refractivity contribution in [2.45, 2.75) is 26.8 Å². The van der Waals surface area contributed by atoms with Crippen molar-refractivity contribution in [2.75, 3.05) is 38.6 Å². The molecule has 21 heavy (non-hydrogen) atoms. The lowest BCUT2D eigenvalue weighted by Gasteiger charge is -2.26. The molecule has 0 spiro atoms. The Morgan fingerprint density at radius 2 is 2.00 bits per heavy atom. The highest BCUT2D eigenvalue weighted by Crippen LogP contribution is 2.27. The van der Waals surface area contributed by atoms with Crippen LogP contribution < -0.4 is 10.2 Å². The Hall–Kier alpha value is -1.26. The fourth-order valence-electron chi connectivity index (χ4n) is 2.05. The Bertz CT molecular complexity index is 463. The van der Waals surface area contributed by atoms with Gasteiger partial charge in [0.15, 0.2) is 0 Å². The molecule has 4 nitrogen and oxygen atoms in total. The van der Waals surface area contributed by atoms with Gasteiger partial charge >= 0.3 is 0 Å². The first kappa shape index (κ1) is 17.8. The van der Waals surface area contributed by atoms with Gasteiger partial charge in [0.1, 0.15) is 0 Å². The van der Waals surface area contributed by atoms with Crippen molar-refractivity contribution in [1.82, 2.24) is 10.2 Å². The predicted molar refractivity (Wildman–Crippen MR) is 90.0 cm³/mol. The first-order chi connectivity index (χ1) is 9.99. The van der Waals surface area contributed by atoms with E-state index in [9.17, 15) is 4.79 Å². The largest absolute Gasteiger partial charge is 0.361 e. The zero-order valence-electron chi connectivity index (χ0n) is 13.4. The molecule has 1 amide bonds. The summed E-state index contributed by atoms with van der Waals surface area (Å²) in [7, 11) is 3.54. The van der Waals surface area contributed by atoms with Crippen molar-refractivity contribution in [3.05, 3.63) is 28.8 Å². The molecular formula is C16H26ClN3O. The topological polar surface area (TPSA) is 35.6 Å². The lowest BCUT2D eigenvalue weighted by Crippen LogP contribution is -2.37. The van der Waals surface area contributed by atoms with Crippen LogP contribution >= 0.6 is 11.6 Å². The van der Waals surface area contributed by atoms with Gasteiger partial charge in [-0.15, -0.1) is 0 Å². The molecule has 1 rings (SSSR count). The van der Waals surface area contributed by atoms with Gasteiger partial charge in [0, 0.05) is 27.2 Å². The summed E-state index contributed by atoms with van der Waals surface area (Å²) < 4.78 is 0. The van der Waals surface area contributed by atoms with E-state index in [1.54, 1.807) is 19.0 Å². The molecule has 0 aliphatic heterocycles. The second kappa shape index (κ2) is 8.90. The van der Waals surface area contributed by atoms with E-state index in [1.807, 2.05) is 17.0 Å². The molecule has 0 saturated heterocycles. The van der Waals surface area contributed by atoms with Gasteiger partial charge in [0.2, 0.25) is 5.91 Å². The summed E-state index contributed by atoms with van der Waals surface area (Å²) in [6, 6.07) is 6.04. The summed E-state index contributed by atoms with van der Waals surface area (Å²) in [6.07, 6.45) is 0.968. The summed E-state index contributed by atoms with van der Waals surface area (Å²) in [5.74, 6) is 0.0799. The molecule has 0 atom stereocenters. The smallest absolute Gasteiger partial charge is 0.241 e. The molecule has 1 aromatic rings. The zero-order valence-corrected chi connectivity index (χ0v) is 14.2. The monoisotopic (exact) mass is 311 g/mol. The second-order valence-corrected chi connectivity index (χ2v) is 5.68. The molecule has 0 bridgehead atoms. The van der Waals surface area contributed by atoms with Crippen molar-refractivity contribution >= 4 is 23.2 Å². The van der Waals surface area contributed by atoms with Crippen molar-refractivity contribution in [3.8, 4) is 0 Å². The first-order valence-corrected chi connectivity index (χ1v) is 7.81. The van der Waals surface area contributed by atoms with Crippen LogP contribution in [-0.2, 0) is 11.3 Å². The van der Waals surface area contributed by atoms with Gasteiger partial charge in [-0.25, -0.2) is 0 Å². The number of hydrogen-bond donors (Lipinski definition) is 1. The van der Waals surface area contributed by atoms with Crippen molar-refractivity contribution in [3.63, 3.8) is 0 Å². The molecule has 118 valence electrons. The van der Waals surface area contributed by atoms with Gasteiger partial charge < -0.3 is 15.1 Å². The molecule has 0 aliphatic rings. The number of nitrogens with zero attached hydrogens (tertiary/aromatic N) is 2. The molecule has 1 aromatic carbocycles. The fraction of sp³-hybridized carbons (Fsp3) is 0.562. The van der Waals surface area contributed by atoms with Crippen LogP contribution in [0.2, 0.25) is 5.02 Å². The van der Waals surface area contributed by atoms with E-state index < -0.39 is 0 Å². The SMILES string of the molecule is CCCN(CC(=O)N(C)C)c1ccc(CNCC)cc1Cl. The number of likely N-dealkylation sites (N-methyl/N-ethyl adjacent to an activating group) is 1. The number of amides is 1. The minimum Gasteiger partial charge on any atom is -0.361 e. The van der Waals surface area contributed by atoms with Crippen molar-refractivity contribution in [2.24, 2.45) is 0 Å². The third kappa shape index (κ3) is 5.56. The number of carbonyl (C=O) groups is 1. The number of rotatable bonds is 8. The third-order valence-electron chi connectivity index (χ3n) is 3.25. The van der Waals surface area contributed by atoms with Crippen LogP contribution in [0.25, 0.3) is 0 Å². The van der Waals surface area contributed by atoms with Crippen LogP contribution in [0.3, 0.4) is 0 Å². The second-order valence-electron chi connectivity index (χ2n) is 5.28. The lowest BCUT2D eigenvalue weighted by molar-refractivity contribution is -0.127. The van der Waals surface area contributed by atoms with Gasteiger partial charge in [-0.1, -0.05) is 31.5 Å².